The zero-order valence-electron chi connectivity index (χ0n) is 9.21. The second-order valence-corrected chi connectivity index (χ2v) is 4.99. The Morgan fingerprint density at radius 1 is 1.38 bits per heavy atom. The van der Waals surface area contributed by atoms with Crippen molar-refractivity contribution in [2.45, 2.75) is 19.8 Å². The molecule has 0 fully saturated rings. The highest BCUT2D eigenvalue weighted by Gasteiger charge is 2.22. The monoisotopic (exact) mass is 236 g/mol. The molecule has 2 rings (SSSR count). The van der Waals surface area contributed by atoms with E-state index in [0.717, 1.165) is 12.0 Å². The minimum atomic E-state index is -0.211. The Labute approximate surface area is 100 Å². The average molecular weight is 237 g/mol. The predicted octanol–water partition coefficient (Wildman–Crippen LogP) is 4.54. The molecule has 16 heavy (non-hydrogen) atoms. The topological polar surface area (TPSA) is 0 Å². The quantitative estimate of drug-likeness (QED) is 0.707. The standard InChI is InChI=1S/C14H14ClF/c1-14(7-3-2-4-8-14)10-11-5-6-12(15)9-13(11)16/h2-7,9H,8,10H2,1H3. The van der Waals surface area contributed by atoms with Gasteiger partial charge in [0.05, 0.1) is 0 Å². The van der Waals surface area contributed by atoms with Crippen LogP contribution in [0.3, 0.4) is 0 Å². The van der Waals surface area contributed by atoms with Crippen LogP contribution in [0, 0.1) is 11.2 Å². The second-order valence-electron chi connectivity index (χ2n) is 4.56. The third-order valence-corrected chi connectivity index (χ3v) is 3.17. The molecule has 0 aliphatic heterocycles. The summed E-state index contributed by atoms with van der Waals surface area (Å²) in [5, 5.41) is 0.450. The molecule has 0 amide bonds. The molecule has 84 valence electrons. The van der Waals surface area contributed by atoms with E-state index in [2.05, 4.69) is 19.1 Å². The summed E-state index contributed by atoms with van der Waals surface area (Å²) >= 11 is 5.73. The minimum Gasteiger partial charge on any atom is -0.207 e. The number of hydrogen-bond acceptors (Lipinski definition) is 0. The summed E-state index contributed by atoms with van der Waals surface area (Å²) < 4.78 is 13.6. The molecule has 0 nitrogen and oxygen atoms in total. The molecule has 1 aromatic rings. The third-order valence-electron chi connectivity index (χ3n) is 2.94. The van der Waals surface area contributed by atoms with Gasteiger partial charge in [-0.05, 0) is 36.0 Å². The van der Waals surface area contributed by atoms with Crippen molar-refractivity contribution < 1.29 is 4.39 Å². The lowest BCUT2D eigenvalue weighted by Gasteiger charge is -2.26. The van der Waals surface area contributed by atoms with Gasteiger partial charge in [-0.2, -0.15) is 0 Å². The van der Waals surface area contributed by atoms with Gasteiger partial charge in [-0.3, -0.25) is 0 Å². The van der Waals surface area contributed by atoms with Crippen molar-refractivity contribution >= 4 is 11.6 Å². The van der Waals surface area contributed by atoms with Crippen molar-refractivity contribution in [3.8, 4) is 0 Å². The summed E-state index contributed by atoms with van der Waals surface area (Å²) in [5.41, 5.74) is 0.746. The van der Waals surface area contributed by atoms with Crippen LogP contribution in [0.1, 0.15) is 18.9 Å². The Kier molecular flexibility index (Phi) is 3.15. The number of benzene rings is 1. The van der Waals surface area contributed by atoms with Crippen LogP contribution in [-0.4, -0.2) is 0 Å². The molecule has 1 aliphatic carbocycles. The van der Waals surface area contributed by atoms with Crippen LogP contribution in [0.5, 0.6) is 0 Å². The minimum absolute atomic E-state index is 0.0173. The Bertz CT molecular complexity index is 448. The maximum Gasteiger partial charge on any atom is 0.127 e. The molecule has 1 aromatic carbocycles. The number of hydrogen-bond donors (Lipinski definition) is 0. The van der Waals surface area contributed by atoms with Gasteiger partial charge in [0.2, 0.25) is 0 Å². The summed E-state index contributed by atoms with van der Waals surface area (Å²) in [6, 6.07) is 4.89. The molecule has 2 heteroatoms. The van der Waals surface area contributed by atoms with Gasteiger partial charge in [0.15, 0.2) is 0 Å². The van der Waals surface area contributed by atoms with Crippen LogP contribution < -0.4 is 0 Å². The highest BCUT2D eigenvalue weighted by Crippen LogP contribution is 2.32. The van der Waals surface area contributed by atoms with Crippen molar-refractivity contribution in [2.75, 3.05) is 0 Å². The maximum atomic E-state index is 13.6. The van der Waals surface area contributed by atoms with Crippen LogP contribution in [0.4, 0.5) is 4.39 Å². The van der Waals surface area contributed by atoms with E-state index in [1.807, 2.05) is 12.2 Å². The fraction of sp³-hybridized carbons (Fsp3) is 0.286. The fourth-order valence-corrected chi connectivity index (χ4v) is 2.16. The molecule has 0 spiro atoms. The van der Waals surface area contributed by atoms with Crippen LogP contribution >= 0.6 is 11.6 Å². The van der Waals surface area contributed by atoms with E-state index in [-0.39, 0.29) is 11.2 Å². The number of halogens is 2. The Balaban J connectivity index is 2.20. The first-order valence-corrected chi connectivity index (χ1v) is 5.75. The van der Waals surface area contributed by atoms with Gasteiger partial charge in [-0.25, -0.2) is 4.39 Å². The molecule has 0 saturated carbocycles. The summed E-state index contributed by atoms with van der Waals surface area (Å²) in [4.78, 5) is 0. The summed E-state index contributed by atoms with van der Waals surface area (Å²) in [5.74, 6) is -0.211. The highest BCUT2D eigenvalue weighted by molar-refractivity contribution is 6.30. The summed E-state index contributed by atoms with van der Waals surface area (Å²) in [7, 11) is 0. The Morgan fingerprint density at radius 2 is 2.19 bits per heavy atom. The smallest absolute Gasteiger partial charge is 0.127 e. The van der Waals surface area contributed by atoms with Gasteiger partial charge in [-0.1, -0.05) is 48.9 Å². The van der Waals surface area contributed by atoms with E-state index in [1.54, 1.807) is 12.1 Å². The molecule has 0 N–H and O–H groups in total. The van der Waals surface area contributed by atoms with Crippen LogP contribution in [0.2, 0.25) is 5.02 Å². The average Bonchev–Trinajstić information content (AvgIpc) is 2.23. The first-order valence-electron chi connectivity index (χ1n) is 5.37. The lowest BCUT2D eigenvalue weighted by atomic mass is 9.78. The summed E-state index contributed by atoms with van der Waals surface area (Å²) in [6.07, 6.45) is 9.97. The van der Waals surface area contributed by atoms with Crippen LogP contribution in [0.15, 0.2) is 42.5 Å². The molecular formula is C14H14ClF. The van der Waals surface area contributed by atoms with Crippen LogP contribution in [-0.2, 0) is 6.42 Å². The lowest BCUT2D eigenvalue weighted by Crippen LogP contribution is -2.18. The lowest BCUT2D eigenvalue weighted by molar-refractivity contribution is 0.417. The van der Waals surface area contributed by atoms with Gasteiger partial charge in [0.1, 0.15) is 5.82 Å². The van der Waals surface area contributed by atoms with Gasteiger partial charge in [0.25, 0.3) is 0 Å². The molecule has 0 heterocycles. The molecule has 0 saturated heterocycles. The van der Waals surface area contributed by atoms with Gasteiger partial charge in [-0.15, -0.1) is 0 Å². The van der Waals surface area contributed by atoms with Crippen LogP contribution in [0.25, 0.3) is 0 Å². The van der Waals surface area contributed by atoms with E-state index in [1.165, 1.54) is 6.07 Å². The SMILES string of the molecule is CC1(Cc2ccc(Cl)cc2F)C=CC=CC1. The van der Waals surface area contributed by atoms with Gasteiger partial charge >= 0.3 is 0 Å². The third kappa shape index (κ3) is 2.53. The molecule has 1 atom stereocenters. The van der Waals surface area contributed by atoms with Crippen molar-refractivity contribution in [3.63, 3.8) is 0 Å². The molecule has 1 unspecified atom stereocenters. The first-order chi connectivity index (χ1) is 7.59. The van der Waals surface area contributed by atoms with E-state index >= 15 is 0 Å². The van der Waals surface area contributed by atoms with E-state index in [9.17, 15) is 4.39 Å². The Hall–Kier alpha value is -1.08. The number of rotatable bonds is 2. The molecule has 0 bridgehead atoms. The maximum absolute atomic E-state index is 13.6. The van der Waals surface area contributed by atoms with Crippen molar-refractivity contribution in [3.05, 3.63) is 58.9 Å². The zero-order valence-corrected chi connectivity index (χ0v) is 9.97. The second kappa shape index (κ2) is 4.42. The number of allylic oxidation sites excluding steroid dienone is 4. The van der Waals surface area contributed by atoms with Crippen molar-refractivity contribution in [2.24, 2.45) is 5.41 Å². The largest absolute Gasteiger partial charge is 0.207 e. The van der Waals surface area contributed by atoms with Gasteiger partial charge < -0.3 is 0 Å². The van der Waals surface area contributed by atoms with E-state index < -0.39 is 0 Å². The van der Waals surface area contributed by atoms with E-state index in [4.69, 9.17) is 11.6 Å². The van der Waals surface area contributed by atoms with Gasteiger partial charge in [0, 0.05) is 5.02 Å². The Morgan fingerprint density at radius 3 is 2.81 bits per heavy atom. The predicted molar refractivity (Wildman–Crippen MR) is 66.1 cm³/mol. The summed E-state index contributed by atoms with van der Waals surface area (Å²) in [6.45, 7) is 2.14. The molecule has 1 aliphatic rings. The van der Waals surface area contributed by atoms with Crippen molar-refractivity contribution in [1.82, 2.24) is 0 Å². The van der Waals surface area contributed by atoms with Crippen molar-refractivity contribution in [1.29, 1.82) is 0 Å². The highest BCUT2D eigenvalue weighted by atomic mass is 35.5. The fourth-order valence-electron chi connectivity index (χ4n) is 2.00. The molecule has 0 aromatic heterocycles. The molecular weight excluding hydrogens is 223 g/mol. The first kappa shape index (κ1) is 11.4. The zero-order chi connectivity index (χ0) is 11.6. The van der Waals surface area contributed by atoms with E-state index in [0.29, 0.717) is 11.4 Å². The molecule has 0 radical (unpaired) electrons. The normalized spacial score (nSPS) is 23.7.